The lowest BCUT2D eigenvalue weighted by atomic mass is 10.0. The van der Waals surface area contributed by atoms with E-state index in [0.717, 1.165) is 0 Å². The number of nitrogens with one attached hydrogen (secondary N) is 1. The number of ether oxygens (including phenoxy) is 2. The number of amides is 1. The van der Waals surface area contributed by atoms with E-state index in [-0.39, 0.29) is 55.0 Å². The molecule has 1 rings (SSSR count). The van der Waals surface area contributed by atoms with Crippen LogP contribution in [-0.4, -0.2) is 36.5 Å². The van der Waals surface area contributed by atoms with E-state index in [1.807, 2.05) is 13.8 Å². The SMILES string of the molecule is C#CCCC(=O)NC(c1nc(C(=O)OC)c(CCC(=O)OCC=C)o1)C(C)C. The molecule has 8 heteroatoms. The molecule has 1 heterocycles. The number of carbonyl (C=O) groups excluding carboxylic acids is 3. The van der Waals surface area contributed by atoms with E-state index in [9.17, 15) is 14.4 Å². The summed E-state index contributed by atoms with van der Waals surface area (Å²) in [6.07, 6.45) is 7.22. The Bertz CT molecular complexity index is 744. The summed E-state index contributed by atoms with van der Waals surface area (Å²) in [6, 6.07) is -0.560. The van der Waals surface area contributed by atoms with Crippen LogP contribution in [0.5, 0.6) is 0 Å². The van der Waals surface area contributed by atoms with E-state index in [4.69, 9.17) is 20.3 Å². The maximum atomic E-state index is 12.1. The maximum absolute atomic E-state index is 12.1. The highest BCUT2D eigenvalue weighted by Gasteiger charge is 2.28. The van der Waals surface area contributed by atoms with Crippen molar-refractivity contribution in [3.05, 3.63) is 30.0 Å². The van der Waals surface area contributed by atoms with Gasteiger partial charge in [-0.15, -0.1) is 12.3 Å². The van der Waals surface area contributed by atoms with Gasteiger partial charge in [0, 0.05) is 19.3 Å². The highest BCUT2D eigenvalue weighted by Crippen LogP contribution is 2.25. The molecule has 0 saturated carbocycles. The molecule has 8 nitrogen and oxygen atoms in total. The van der Waals surface area contributed by atoms with Gasteiger partial charge in [-0.1, -0.05) is 26.5 Å². The fourth-order valence-corrected chi connectivity index (χ4v) is 2.31. The second-order valence-electron chi connectivity index (χ2n) is 6.28. The van der Waals surface area contributed by atoms with Crippen LogP contribution in [-0.2, 0) is 25.5 Å². The molecule has 0 fully saturated rings. The summed E-state index contributed by atoms with van der Waals surface area (Å²) in [5.74, 6) is 1.31. The number of esters is 2. The van der Waals surface area contributed by atoms with Crippen molar-refractivity contribution >= 4 is 17.8 Å². The summed E-state index contributed by atoms with van der Waals surface area (Å²) in [7, 11) is 1.22. The number of oxazole rings is 1. The number of hydrogen-bond acceptors (Lipinski definition) is 7. The van der Waals surface area contributed by atoms with E-state index in [1.165, 1.54) is 13.2 Å². The zero-order chi connectivity index (χ0) is 21.1. The van der Waals surface area contributed by atoms with E-state index in [2.05, 4.69) is 22.8 Å². The summed E-state index contributed by atoms with van der Waals surface area (Å²) in [6.45, 7) is 7.32. The van der Waals surface area contributed by atoms with Gasteiger partial charge < -0.3 is 19.2 Å². The average Bonchev–Trinajstić information content (AvgIpc) is 3.10. The zero-order valence-corrected chi connectivity index (χ0v) is 16.4. The van der Waals surface area contributed by atoms with Crippen LogP contribution in [0, 0.1) is 18.3 Å². The van der Waals surface area contributed by atoms with Gasteiger partial charge in [-0.25, -0.2) is 9.78 Å². The van der Waals surface area contributed by atoms with Gasteiger partial charge in [0.2, 0.25) is 11.8 Å². The molecule has 0 aliphatic carbocycles. The largest absolute Gasteiger partial charge is 0.464 e. The predicted molar refractivity (Wildman–Crippen MR) is 101 cm³/mol. The van der Waals surface area contributed by atoms with Crippen molar-refractivity contribution in [2.24, 2.45) is 5.92 Å². The van der Waals surface area contributed by atoms with Crippen LogP contribution in [0.25, 0.3) is 0 Å². The normalized spacial score (nSPS) is 11.4. The maximum Gasteiger partial charge on any atom is 0.360 e. The van der Waals surface area contributed by atoms with Crippen molar-refractivity contribution in [2.75, 3.05) is 13.7 Å². The highest BCUT2D eigenvalue weighted by molar-refractivity contribution is 5.88. The molecule has 1 N–H and O–H groups in total. The lowest BCUT2D eigenvalue weighted by Gasteiger charge is -2.19. The average molecular weight is 390 g/mol. The fourth-order valence-electron chi connectivity index (χ4n) is 2.31. The van der Waals surface area contributed by atoms with Gasteiger partial charge >= 0.3 is 11.9 Å². The van der Waals surface area contributed by atoms with Gasteiger partial charge in [0.1, 0.15) is 18.4 Å². The molecule has 1 unspecified atom stereocenters. The second-order valence-corrected chi connectivity index (χ2v) is 6.28. The third kappa shape index (κ3) is 6.91. The van der Waals surface area contributed by atoms with E-state index in [0.29, 0.717) is 6.42 Å². The summed E-state index contributed by atoms with van der Waals surface area (Å²) in [5.41, 5.74) is -0.0301. The Balaban J connectivity index is 3.03. The molecule has 0 aliphatic rings. The monoisotopic (exact) mass is 390 g/mol. The molecule has 0 aromatic carbocycles. The molecule has 152 valence electrons. The second kappa shape index (κ2) is 11.6. The molecule has 0 aliphatic heterocycles. The van der Waals surface area contributed by atoms with Crippen molar-refractivity contribution in [1.29, 1.82) is 0 Å². The van der Waals surface area contributed by atoms with Crippen LogP contribution in [0.15, 0.2) is 17.1 Å². The lowest BCUT2D eigenvalue weighted by Crippen LogP contribution is -2.31. The van der Waals surface area contributed by atoms with E-state index >= 15 is 0 Å². The molecular weight excluding hydrogens is 364 g/mol. The van der Waals surface area contributed by atoms with Crippen LogP contribution in [0.3, 0.4) is 0 Å². The van der Waals surface area contributed by atoms with Crippen LogP contribution in [0.2, 0.25) is 0 Å². The molecule has 28 heavy (non-hydrogen) atoms. The number of methoxy groups -OCH3 is 1. The molecule has 1 aromatic rings. The number of carbonyl (C=O) groups is 3. The van der Waals surface area contributed by atoms with Crippen molar-refractivity contribution in [1.82, 2.24) is 10.3 Å². The van der Waals surface area contributed by atoms with Crippen LogP contribution in [0.1, 0.15) is 61.3 Å². The summed E-state index contributed by atoms with van der Waals surface area (Å²) in [4.78, 5) is 40.0. The molecule has 1 atom stereocenters. The molecular formula is C20H26N2O6. The minimum absolute atomic E-state index is 0.00661. The van der Waals surface area contributed by atoms with Crippen molar-refractivity contribution in [3.63, 3.8) is 0 Å². The van der Waals surface area contributed by atoms with Crippen LogP contribution >= 0.6 is 0 Å². The van der Waals surface area contributed by atoms with Gasteiger partial charge in [-0.2, -0.15) is 0 Å². The first kappa shape index (κ1) is 23.0. The molecule has 0 radical (unpaired) electrons. The van der Waals surface area contributed by atoms with Crippen LogP contribution in [0.4, 0.5) is 0 Å². The van der Waals surface area contributed by atoms with Gasteiger partial charge in [-0.05, 0) is 5.92 Å². The number of terminal acetylenes is 1. The topological polar surface area (TPSA) is 108 Å². The van der Waals surface area contributed by atoms with Crippen molar-refractivity contribution in [3.8, 4) is 12.3 Å². The molecule has 1 aromatic heterocycles. The fraction of sp³-hybridized carbons (Fsp3) is 0.500. The number of rotatable bonds is 11. The minimum Gasteiger partial charge on any atom is -0.464 e. The Morgan fingerprint density at radius 2 is 2.07 bits per heavy atom. The quantitative estimate of drug-likeness (QED) is 0.351. The number of nitrogens with zero attached hydrogens (tertiary/aromatic N) is 1. The Hall–Kier alpha value is -3.08. The molecule has 0 saturated heterocycles. The van der Waals surface area contributed by atoms with Gasteiger partial charge in [0.25, 0.3) is 0 Å². The number of aryl methyl sites for hydroxylation is 1. The van der Waals surface area contributed by atoms with Gasteiger partial charge in [-0.3, -0.25) is 9.59 Å². The highest BCUT2D eigenvalue weighted by atomic mass is 16.5. The number of aromatic nitrogens is 1. The van der Waals surface area contributed by atoms with E-state index < -0.39 is 18.0 Å². The van der Waals surface area contributed by atoms with Gasteiger partial charge in [0.05, 0.1) is 13.5 Å². The van der Waals surface area contributed by atoms with Crippen molar-refractivity contribution in [2.45, 2.75) is 45.6 Å². The summed E-state index contributed by atoms with van der Waals surface area (Å²) in [5, 5.41) is 2.81. The number of hydrogen-bond donors (Lipinski definition) is 1. The Morgan fingerprint density at radius 1 is 1.36 bits per heavy atom. The molecule has 1 amide bonds. The smallest absolute Gasteiger partial charge is 0.360 e. The third-order valence-electron chi connectivity index (χ3n) is 3.76. The first-order valence-electron chi connectivity index (χ1n) is 8.91. The standard InChI is InChI=1S/C20H26N2O6/c1-6-8-9-15(23)21-17(13(3)4)19-22-18(20(25)26-5)14(28-19)10-11-16(24)27-12-7-2/h1,7,13,17H,2,8-12H2,3-5H3,(H,21,23). The molecule has 0 bridgehead atoms. The van der Waals surface area contributed by atoms with E-state index in [1.54, 1.807) is 0 Å². The van der Waals surface area contributed by atoms with Crippen LogP contribution < -0.4 is 5.32 Å². The zero-order valence-electron chi connectivity index (χ0n) is 16.4. The Labute approximate surface area is 164 Å². The van der Waals surface area contributed by atoms with Gasteiger partial charge in [0.15, 0.2) is 5.69 Å². The first-order chi connectivity index (χ1) is 13.3. The Morgan fingerprint density at radius 3 is 2.64 bits per heavy atom. The first-order valence-corrected chi connectivity index (χ1v) is 8.91. The predicted octanol–water partition coefficient (Wildman–Crippen LogP) is 2.35. The van der Waals surface area contributed by atoms with Crippen molar-refractivity contribution < 1.29 is 28.3 Å². The Kier molecular flexibility index (Phi) is 9.51. The lowest BCUT2D eigenvalue weighted by molar-refractivity contribution is -0.142. The summed E-state index contributed by atoms with van der Waals surface area (Å²) < 4.78 is 15.4. The summed E-state index contributed by atoms with van der Waals surface area (Å²) >= 11 is 0. The third-order valence-corrected chi connectivity index (χ3v) is 3.76. The molecule has 0 spiro atoms. The minimum atomic E-state index is -0.689.